The number of hydrogen-bond donors (Lipinski definition) is 1. The zero-order chi connectivity index (χ0) is 22.9. The van der Waals surface area contributed by atoms with E-state index < -0.39 is 11.9 Å². The molecule has 0 unspecified atom stereocenters. The van der Waals surface area contributed by atoms with E-state index in [9.17, 15) is 14.9 Å². The monoisotopic (exact) mass is 490 g/mol. The second-order valence-electron chi connectivity index (χ2n) is 6.65. The second kappa shape index (κ2) is 10.9. The molecule has 1 amide bonds. The van der Waals surface area contributed by atoms with Crippen LogP contribution in [0.25, 0.3) is 6.08 Å². The number of carbonyl (C=O) groups excluding carboxylic acids is 2. The van der Waals surface area contributed by atoms with Crippen molar-refractivity contribution in [1.82, 2.24) is 5.32 Å². The van der Waals surface area contributed by atoms with Crippen LogP contribution >= 0.6 is 15.9 Å². The Morgan fingerprint density at radius 1 is 1.03 bits per heavy atom. The minimum Gasteiger partial charge on any atom is -0.493 e. The van der Waals surface area contributed by atoms with E-state index in [1.54, 1.807) is 42.5 Å². The second-order valence-corrected chi connectivity index (χ2v) is 7.56. The van der Waals surface area contributed by atoms with E-state index in [0.29, 0.717) is 23.4 Å². The molecule has 3 aromatic carbocycles. The standard InChI is InChI=1S/C25H19BrN2O4/c1-31-23-13-18(10-11-22(23)32-25(30)19-8-5-9-21(26)14-19)12-20(15-27)24(29)28-16-17-6-3-2-4-7-17/h2-14H,16H2,1H3,(H,28,29)/b20-12+. The number of nitrogens with zero attached hydrogens (tertiary/aromatic N) is 1. The molecule has 160 valence electrons. The molecular weight excluding hydrogens is 472 g/mol. The zero-order valence-electron chi connectivity index (χ0n) is 17.2. The number of carbonyl (C=O) groups is 2. The minimum atomic E-state index is -0.536. The van der Waals surface area contributed by atoms with Gasteiger partial charge in [0.25, 0.3) is 5.91 Å². The predicted molar refractivity (Wildman–Crippen MR) is 124 cm³/mol. The lowest BCUT2D eigenvalue weighted by atomic mass is 10.1. The Labute approximate surface area is 194 Å². The number of methoxy groups -OCH3 is 1. The highest BCUT2D eigenvalue weighted by Crippen LogP contribution is 2.30. The summed E-state index contributed by atoms with van der Waals surface area (Å²) in [6, 6.07) is 22.9. The minimum absolute atomic E-state index is 0.0538. The van der Waals surface area contributed by atoms with Gasteiger partial charge in [0.1, 0.15) is 11.6 Å². The van der Waals surface area contributed by atoms with Gasteiger partial charge in [-0.1, -0.05) is 58.4 Å². The van der Waals surface area contributed by atoms with Gasteiger partial charge < -0.3 is 14.8 Å². The fourth-order valence-corrected chi connectivity index (χ4v) is 3.22. The van der Waals surface area contributed by atoms with E-state index >= 15 is 0 Å². The first-order chi connectivity index (χ1) is 15.5. The van der Waals surface area contributed by atoms with Crippen LogP contribution in [0.15, 0.2) is 82.8 Å². The van der Waals surface area contributed by atoms with Crippen molar-refractivity contribution in [3.8, 4) is 17.6 Å². The molecule has 1 N–H and O–H groups in total. The molecule has 0 heterocycles. The molecule has 0 atom stereocenters. The van der Waals surface area contributed by atoms with Gasteiger partial charge in [0, 0.05) is 11.0 Å². The number of rotatable bonds is 7. The van der Waals surface area contributed by atoms with Crippen molar-refractivity contribution in [3.05, 3.63) is 99.5 Å². The quantitative estimate of drug-likeness (QED) is 0.220. The van der Waals surface area contributed by atoms with Crippen molar-refractivity contribution in [3.63, 3.8) is 0 Å². The fourth-order valence-electron chi connectivity index (χ4n) is 2.82. The topological polar surface area (TPSA) is 88.4 Å². The van der Waals surface area contributed by atoms with Crippen molar-refractivity contribution in [2.75, 3.05) is 7.11 Å². The molecule has 6 nitrogen and oxygen atoms in total. The highest BCUT2D eigenvalue weighted by Gasteiger charge is 2.14. The van der Waals surface area contributed by atoms with E-state index in [-0.39, 0.29) is 11.3 Å². The summed E-state index contributed by atoms with van der Waals surface area (Å²) in [6.45, 7) is 0.312. The van der Waals surface area contributed by atoms with Gasteiger partial charge in [0.05, 0.1) is 12.7 Å². The first-order valence-corrected chi connectivity index (χ1v) is 10.4. The van der Waals surface area contributed by atoms with Crippen molar-refractivity contribution < 1.29 is 19.1 Å². The van der Waals surface area contributed by atoms with Crippen LogP contribution in [0.1, 0.15) is 21.5 Å². The highest BCUT2D eigenvalue weighted by molar-refractivity contribution is 9.10. The normalized spacial score (nSPS) is 10.7. The van der Waals surface area contributed by atoms with Crippen LogP contribution in [-0.2, 0) is 11.3 Å². The summed E-state index contributed by atoms with van der Waals surface area (Å²) in [4.78, 5) is 24.8. The lowest BCUT2D eigenvalue weighted by molar-refractivity contribution is -0.117. The van der Waals surface area contributed by atoms with Crippen LogP contribution < -0.4 is 14.8 Å². The Morgan fingerprint density at radius 3 is 2.50 bits per heavy atom. The number of halogens is 1. The van der Waals surface area contributed by atoms with E-state index in [1.807, 2.05) is 36.4 Å². The van der Waals surface area contributed by atoms with E-state index in [1.165, 1.54) is 13.2 Å². The van der Waals surface area contributed by atoms with Crippen LogP contribution in [0.3, 0.4) is 0 Å². The van der Waals surface area contributed by atoms with Crippen molar-refractivity contribution >= 4 is 33.9 Å². The molecule has 0 saturated carbocycles. The third-order valence-electron chi connectivity index (χ3n) is 4.42. The molecule has 0 aliphatic rings. The molecule has 0 fully saturated rings. The number of esters is 1. The molecular formula is C25H19BrN2O4. The molecule has 7 heteroatoms. The number of amides is 1. The Kier molecular flexibility index (Phi) is 7.79. The van der Waals surface area contributed by atoms with Crippen molar-refractivity contribution in [1.29, 1.82) is 5.26 Å². The van der Waals surface area contributed by atoms with Crippen LogP contribution in [0.4, 0.5) is 0 Å². The number of nitriles is 1. The first kappa shape index (κ1) is 22.8. The third kappa shape index (κ3) is 6.06. The van der Waals surface area contributed by atoms with Gasteiger partial charge in [-0.3, -0.25) is 4.79 Å². The van der Waals surface area contributed by atoms with Gasteiger partial charge in [0.2, 0.25) is 0 Å². The maximum atomic E-state index is 12.4. The smallest absolute Gasteiger partial charge is 0.343 e. The number of ether oxygens (including phenoxy) is 2. The summed E-state index contributed by atoms with van der Waals surface area (Å²) in [6.07, 6.45) is 1.45. The summed E-state index contributed by atoms with van der Waals surface area (Å²) < 4.78 is 11.5. The Bertz CT molecular complexity index is 1200. The molecule has 0 spiro atoms. The van der Waals surface area contributed by atoms with Crippen molar-refractivity contribution in [2.45, 2.75) is 6.54 Å². The summed E-state index contributed by atoms with van der Waals surface area (Å²) in [5, 5.41) is 12.1. The lowest BCUT2D eigenvalue weighted by Crippen LogP contribution is -2.23. The Hall–Kier alpha value is -3.89. The van der Waals surface area contributed by atoms with Gasteiger partial charge in [-0.15, -0.1) is 0 Å². The molecule has 0 saturated heterocycles. The Balaban J connectivity index is 1.74. The summed E-state index contributed by atoms with van der Waals surface area (Å²) in [5.74, 6) is -0.503. The van der Waals surface area contributed by atoms with Gasteiger partial charge in [-0.25, -0.2) is 4.79 Å². The number of benzene rings is 3. The molecule has 0 bridgehead atoms. The number of hydrogen-bond acceptors (Lipinski definition) is 5. The fraction of sp³-hybridized carbons (Fsp3) is 0.0800. The Morgan fingerprint density at radius 2 is 1.81 bits per heavy atom. The van der Waals surface area contributed by atoms with E-state index in [0.717, 1.165) is 10.0 Å². The molecule has 3 rings (SSSR count). The summed E-state index contributed by atoms with van der Waals surface area (Å²) >= 11 is 3.32. The van der Waals surface area contributed by atoms with Crippen LogP contribution in [0.5, 0.6) is 11.5 Å². The van der Waals surface area contributed by atoms with E-state index in [2.05, 4.69) is 21.2 Å². The molecule has 0 aromatic heterocycles. The average molecular weight is 491 g/mol. The van der Waals surface area contributed by atoms with Crippen LogP contribution in [-0.4, -0.2) is 19.0 Å². The maximum absolute atomic E-state index is 12.4. The van der Waals surface area contributed by atoms with Crippen molar-refractivity contribution in [2.24, 2.45) is 0 Å². The molecule has 0 aliphatic heterocycles. The zero-order valence-corrected chi connectivity index (χ0v) is 18.8. The molecule has 32 heavy (non-hydrogen) atoms. The molecule has 0 radical (unpaired) electrons. The maximum Gasteiger partial charge on any atom is 0.343 e. The average Bonchev–Trinajstić information content (AvgIpc) is 2.82. The van der Waals surface area contributed by atoms with Gasteiger partial charge >= 0.3 is 5.97 Å². The SMILES string of the molecule is COc1cc(/C=C(\C#N)C(=O)NCc2ccccc2)ccc1OC(=O)c1cccc(Br)c1. The summed E-state index contributed by atoms with van der Waals surface area (Å²) in [5.41, 5.74) is 1.81. The summed E-state index contributed by atoms with van der Waals surface area (Å²) in [7, 11) is 1.44. The third-order valence-corrected chi connectivity index (χ3v) is 4.92. The van der Waals surface area contributed by atoms with Gasteiger partial charge in [0.15, 0.2) is 11.5 Å². The first-order valence-electron chi connectivity index (χ1n) is 9.60. The van der Waals surface area contributed by atoms with Crippen LogP contribution in [0, 0.1) is 11.3 Å². The van der Waals surface area contributed by atoms with E-state index in [4.69, 9.17) is 9.47 Å². The number of nitrogens with one attached hydrogen (secondary N) is 1. The van der Waals surface area contributed by atoms with Gasteiger partial charge in [-0.05, 0) is 47.5 Å². The molecule has 3 aromatic rings. The van der Waals surface area contributed by atoms with Gasteiger partial charge in [-0.2, -0.15) is 5.26 Å². The predicted octanol–water partition coefficient (Wildman–Crippen LogP) is 4.90. The lowest BCUT2D eigenvalue weighted by Gasteiger charge is -2.10. The molecule has 0 aliphatic carbocycles. The largest absolute Gasteiger partial charge is 0.493 e. The van der Waals surface area contributed by atoms with Crippen LogP contribution in [0.2, 0.25) is 0 Å². The highest BCUT2D eigenvalue weighted by atomic mass is 79.9.